The lowest BCUT2D eigenvalue weighted by atomic mass is 9.95. The summed E-state index contributed by atoms with van der Waals surface area (Å²) < 4.78 is 47.6. The Balaban J connectivity index is 2.25. The number of rotatable bonds is 56. The molecule has 0 aliphatic carbocycles. The number of aliphatic hydroxyl groups is 5. The molecule has 85 heavy (non-hydrogen) atoms. The first-order chi connectivity index (χ1) is 41.1. The molecule has 2 fully saturated rings. The Labute approximate surface area is 513 Å². The van der Waals surface area contributed by atoms with Crippen LogP contribution >= 0.6 is 7.82 Å². The number of amides is 2. The lowest BCUT2D eigenvalue weighted by Crippen LogP contribution is -2.67. The summed E-state index contributed by atoms with van der Waals surface area (Å²) in [6, 6.07) is -2.86. The van der Waals surface area contributed by atoms with Crippen LogP contribution in [0.1, 0.15) is 304 Å². The smallest absolute Gasteiger partial charge is 0.462 e. The second kappa shape index (κ2) is 50.9. The lowest BCUT2D eigenvalue weighted by molar-refractivity contribution is -0.302. The van der Waals surface area contributed by atoms with Crippen molar-refractivity contribution >= 4 is 25.6 Å². The molecule has 0 spiro atoms. The predicted molar refractivity (Wildman–Crippen MR) is 332 cm³/mol. The van der Waals surface area contributed by atoms with Crippen LogP contribution in [0.5, 0.6) is 0 Å². The molecule has 19 nitrogen and oxygen atoms in total. The van der Waals surface area contributed by atoms with E-state index in [9.17, 15) is 54.3 Å². The molecule has 20 heteroatoms. The third-order valence-electron chi connectivity index (χ3n) is 16.8. The SMILES string of the molecule is CCCCCCCCCCCCCO[C@H]1O[C@H](CO[C@@H]2O[C@H](CO)[C@@H](OP(=O)(O)O)[C@H](O)[C@H]2NC(=O)C[C@@H](CCCCCCCCCCC)OC(=O)CCCCCCCCCCC)[C@@H](O)[C@H](O)[C@H]1NC(=O)C[C@H](O)CCCCCCCCCCC. The van der Waals surface area contributed by atoms with Gasteiger partial charge in [0.25, 0.3) is 0 Å². The molecule has 2 rings (SSSR count). The fraction of sp³-hybridized carbons (Fsp3) is 0.954. The van der Waals surface area contributed by atoms with Crippen molar-refractivity contribution in [2.75, 3.05) is 19.8 Å². The molecule has 0 aromatic carbocycles. The van der Waals surface area contributed by atoms with Crippen LogP contribution in [0.25, 0.3) is 0 Å². The molecule has 0 saturated carbocycles. The highest BCUT2D eigenvalue weighted by Gasteiger charge is 2.51. The second-order valence-electron chi connectivity index (χ2n) is 24.7. The number of esters is 1. The molecule has 2 saturated heterocycles. The minimum absolute atomic E-state index is 0.200. The van der Waals surface area contributed by atoms with Crippen LogP contribution in [0, 0.1) is 0 Å². The van der Waals surface area contributed by atoms with Crippen molar-refractivity contribution in [2.24, 2.45) is 0 Å². The van der Waals surface area contributed by atoms with Gasteiger partial charge in [-0.15, -0.1) is 0 Å². The standard InChI is InChI=1S/C65H125N2O17P/c1-5-9-13-17-21-25-26-30-34-38-42-46-79-64-58(66-55(70)47-51(69)43-39-35-31-27-22-18-14-10-6-2)61(74)60(73)54(83-64)50-80-65-59(62(75)63(53(49-68)82-65)84-85(76,77)78)67-56(71)48-52(44-40-36-32-28-23-19-15-11-7-3)81-57(72)45-41-37-33-29-24-20-16-12-8-4/h51-54,58-65,68-69,73-75H,5-50H2,1-4H3,(H,66,70)(H,67,71)(H2,76,77,78)/t51-,52-,53-,54-,58-,59-,60-,61-,62-,63-,64+,65-/m1/s1. The summed E-state index contributed by atoms with van der Waals surface area (Å²) in [5.74, 6) is -1.68. The molecule has 9 N–H and O–H groups in total. The first-order valence-electron chi connectivity index (χ1n) is 34.5. The van der Waals surface area contributed by atoms with Crippen LogP contribution in [0.2, 0.25) is 0 Å². The zero-order valence-electron chi connectivity index (χ0n) is 53.6. The Bertz CT molecular complexity index is 1680. The van der Waals surface area contributed by atoms with Crippen LogP contribution in [0.4, 0.5) is 0 Å². The molecule has 2 aliphatic heterocycles. The van der Waals surface area contributed by atoms with Gasteiger partial charge in [-0.05, 0) is 32.1 Å². The predicted octanol–water partition coefficient (Wildman–Crippen LogP) is 12.1. The number of ether oxygens (including phenoxy) is 5. The first kappa shape index (κ1) is 79.3. The van der Waals surface area contributed by atoms with Crippen LogP contribution < -0.4 is 10.6 Å². The molecule has 0 unspecified atom stereocenters. The lowest BCUT2D eigenvalue weighted by Gasteiger charge is -2.45. The van der Waals surface area contributed by atoms with E-state index in [1.165, 1.54) is 128 Å². The third kappa shape index (κ3) is 38.5. The van der Waals surface area contributed by atoms with Gasteiger partial charge in [0, 0.05) is 13.0 Å². The summed E-state index contributed by atoms with van der Waals surface area (Å²) in [6.07, 6.45) is 27.3. The van der Waals surface area contributed by atoms with Crippen molar-refractivity contribution in [2.45, 2.75) is 377 Å². The number of unbranched alkanes of at least 4 members (excludes halogenated alkanes) is 34. The summed E-state index contributed by atoms with van der Waals surface area (Å²) in [5.41, 5.74) is 0. The van der Waals surface area contributed by atoms with Crippen molar-refractivity contribution in [3.8, 4) is 0 Å². The molecule has 0 aromatic heterocycles. The zero-order chi connectivity index (χ0) is 62.3. The maximum Gasteiger partial charge on any atom is 0.470 e. The molecule has 2 amide bonds. The number of hydrogen-bond donors (Lipinski definition) is 9. The van der Waals surface area contributed by atoms with Crippen molar-refractivity contribution in [3.05, 3.63) is 0 Å². The largest absolute Gasteiger partial charge is 0.470 e. The molecule has 0 bridgehead atoms. The van der Waals surface area contributed by atoms with Crippen molar-refractivity contribution in [1.29, 1.82) is 0 Å². The number of phosphoric acid groups is 1. The molecular weight excluding hydrogens is 1110 g/mol. The van der Waals surface area contributed by atoms with Crippen LogP contribution in [-0.4, -0.2) is 146 Å². The highest BCUT2D eigenvalue weighted by atomic mass is 31.2. The highest BCUT2D eigenvalue weighted by molar-refractivity contribution is 7.46. The quantitative estimate of drug-likeness (QED) is 0.0155. The number of phosphoric ester groups is 1. The first-order valence-corrected chi connectivity index (χ1v) is 36.0. The van der Waals surface area contributed by atoms with Crippen molar-refractivity contribution in [3.63, 3.8) is 0 Å². The average Bonchev–Trinajstić information content (AvgIpc) is 2.36. The van der Waals surface area contributed by atoms with Gasteiger partial charge >= 0.3 is 13.8 Å². The zero-order valence-corrected chi connectivity index (χ0v) is 54.5. The maximum absolute atomic E-state index is 14.1. The number of hydrogen-bond acceptors (Lipinski definition) is 15. The van der Waals surface area contributed by atoms with Crippen LogP contribution in [0.3, 0.4) is 0 Å². The Kier molecular flexibility index (Phi) is 47.4. The highest BCUT2D eigenvalue weighted by Crippen LogP contribution is 2.42. The number of aliphatic hydroxyl groups excluding tert-OH is 5. The van der Waals surface area contributed by atoms with Gasteiger partial charge in [-0.3, -0.25) is 18.9 Å². The second-order valence-corrected chi connectivity index (χ2v) is 25.9. The van der Waals surface area contributed by atoms with E-state index in [-0.39, 0.29) is 25.9 Å². The van der Waals surface area contributed by atoms with Crippen molar-refractivity contribution < 1.29 is 82.5 Å². The topological polar surface area (TPSA) is 289 Å². The molecular formula is C65H125N2O17P. The van der Waals surface area contributed by atoms with Gasteiger partial charge in [0.15, 0.2) is 12.6 Å². The fourth-order valence-electron chi connectivity index (χ4n) is 11.6. The minimum atomic E-state index is -5.32. The fourth-order valence-corrected chi connectivity index (χ4v) is 12.2. The van der Waals surface area contributed by atoms with E-state index in [1.807, 2.05) is 0 Å². The molecule has 0 aromatic rings. The van der Waals surface area contributed by atoms with Gasteiger partial charge in [-0.25, -0.2) is 4.57 Å². The van der Waals surface area contributed by atoms with Gasteiger partial charge in [0.2, 0.25) is 11.8 Å². The van der Waals surface area contributed by atoms with E-state index in [0.29, 0.717) is 32.1 Å². The van der Waals surface area contributed by atoms with Gasteiger partial charge < -0.3 is 69.6 Å². The summed E-state index contributed by atoms with van der Waals surface area (Å²) in [7, 11) is -5.32. The van der Waals surface area contributed by atoms with E-state index in [1.54, 1.807) is 0 Å². The van der Waals surface area contributed by atoms with E-state index in [2.05, 4.69) is 38.3 Å². The Morgan fingerprint density at radius 1 is 0.482 bits per heavy atom. The number of nitrogens with one attached hydrogen (secondary N) is 2. The third-order valence-corrected chi connectivity index (χ3v) is 17.3. The van der Waals surface area contributed by atoms with E-state index in [0.717, 1.165) is 96.3 Å². The monoisotopic (exact) mass is 1240 g/mol. The summed E-state index contributed by atoms with van der Waals surface area (Å²) in [6.45, 7) is 7.52. The van der Waals surface area contributed by atoms with Gasteiger partial charge in [0.05, 0.1) is 32.2 Å². The number of carbonyl (C=O) groups is 3. The summed E-state index contributed by atoms with van der Waals surface area (Å²) in [4.78, 5) is 60.5. The van der Waals surface area contributed by atoms with Crippen LogP contribution in [-0.2, 0) is 47.2 Å². The molecule has 502 valence electrons. The van der Waals surface area contributed by atoms with Crippen molar-refractivity contribution in [1.82, 2.24) is 10.6 Å². The minimum Gasteiger partial charge on any atom is -0.462 e. The average molecular weight is 1240 g/mol. The Morgan fingerprint density at radius 3 is 1.33 bits per heavy atom. The van der Waals surface area contributed by atoms with Gasteiger partial charge in [-0.1, -0.05) is 252 Å². The van der Waals surface area contributed by atoms with Gasteiger partial charge in [-0.2, -0.15) is 0 Å². The normalized spacial score (nSPS) is 23.4. The van der Waals surface area contributed by atoms with Crippen LogP contribution in [0.15, 0.2) is 0 Å². The maximum atomic E-state index is 14.1. The molecule has 2 aliphatic rings. The molecule has 2 heterocycles. The van der Waals surface area contributed by atoms with E-state index < -0.39 is 112 Å². The van der Waals surface area contributed by atoms with E-state index in [4.69, 9.17) is 28.2 Å². The number of carbonyl (C=O) groups excluding carboxylic acids is 3. The van der Waals surface area contributed by atoms with Gasteiger partial charge in [0.1, 0.15) is 54.8 Å². The molecule has 12 atom stereocenters. The summed E-state index contributed by atoms with van der Waals surface area (Å²) in [5, 5.41) is 61.7. The Morgan fingerprint density at radius 2 is 0.871 bits per heavy atom. The Hall–Kier alpha value is -1.84. The molecule has 0 radical (unpaired) electrons. The summed E-state index contributed by atoms with van der Waals surface area (Å²) >= 11 is 0. The van der Waals surface area contributed by atoms with E-state index >= 15 is 0 Å².